The summed E-state index contributed by atoms with van der Waals surface area (Å²) in [7, 11) is 0. The lowest BCUT2D eigenvalue weighted by Gasteiger charge is -2.50. The van der Waals surface area contributed by atoms with Crippen LogP contribution in [0.5, 0.6) is 0 Å². The van der Waals surface area contributed by atoms with Gasteiger partial charge in [-0.05, 0) is 50.3 Å². The van der Waals surface area contributed by atoms with Gasteiger partial charge < -0.3 is 14.5 Å². The molecule has 0 bridgehead atoms. The van der Waals surface area contributed by atoms with Gasteiger partial charge in [0.1, 0.15) is 5.69 Å². The highest BCUT2D eigenvalue weighted by atomic mass is 16.5. The van der Waals surface area contributed by atoms with Crippen molar-refractivity contribution in [3.8, 4) is 0 Å². The average molecular weight is 371 g/mol. The summed E-state index contributed by atoms with van der Waals surface area (Å²) in [5.41, 5.74) is 1.28. The van der Waals surface area contributed by atoms with Gasteiger partial charge in [-0.25, -0.2) is 0 Å². The molecule has 0 spiro atoms. The maximum absolute atomic E-state index is 7.18. The summed E-state index contributed by atoms with van der Waals surface area (Å²) in [4.78, 5) is 13.3. The van der Waals surface area contributed by atoms with Gasteiger partial charge in [0.05, 0.1) is 0 Å². The number of aromatic nitrogens is 1. The summed E-state index contributed by atoms with van der Waals surface area (Å²) in [6, 6.07) is 5.81. The molecular formula is C22H34N4O. The van der Waals surface area contributed by atoms with Gasteiger partial charge >= 0.3 is 0 Å². The summed E-state index contributed by atoms with van der Waals surface area (Å²) in [5, 5.41) is 0. The quantitative estimate of drug-likeness (QED) is 0.684. The Morgan fingerprint density at radius 3 is 2.59 bits per heavy atom. The zero-order valence-corrected chi connectivity index (χ0v) is 17.0. The number of nitrogens with zero attached hydrogens (tertiary/aromatic N) is 4. The van der Waals surface area contributed by atoms with Crippen LogP contribution in [0.15, 0.2) is 18.2 Å². The summed E-state index contributed by atoms with van der Waals surface area (Å²) in [5.74, 6) is 1.29. The molecule has 1 aromatic heterocycles. The molecule has 3 heterocycles. The van der Waals surface area contributed by atoms with Crippen LogP contribution in [-0.4, -0.2) is 66.3 Å². The van der Waals surface area contributed by atoms with Crippen LogP contribution in [0.1, 0.15) is 45.2 Å². The Labute approximate surface area is 164 Å². The standard InChI is InChI=1S/C22H34N4O/c1-19(2)8-12-25-13-15-26(16-14-25)22(10-17-27-18-11-22)9-7-20-5-4-6-21(23-3)24-20/h4-6,19H,7-18H2,1-2H3. The molecule has 1 aromatic rings. The van der Waals surface area contributed by atoms with E-state index in [1.807, 2.05) is 6.07 Å². The van der Waals surface area contributed by atoms with Crippen molar-refractivity contribution >= 4 is 5.82 Å². The summed E-state index contributed by atoms with van der Waals surface area (Å²) in [6.07, 6.45) is 5.57. The van der Waals surface area contributed by atoms with E-state index in [9.17, 15) is 0 Å². The van der Waals surface area contributed by atoms with Crippen LogP contribution in [-0.2, 0) is 11.2 Å². The molecule has 0 N–H and O–H groups in total. The van der Waals surface area contributed by atoms with Gasteiger partial charge in [-0.1, -0.05) is 26.5 Å². The summed E-state index contributed by atoms with van der Waals surface area (Å²) in [6.45, 7) is 19.4. The number of ether oxygens (including phenoxy) is 1. The van der Waals surface area contributed by atoms with Crippen LogP contribution in [0.4, 0.5) is 5.82 Å². The fourth-order valence-electron chi connectivity index (χ4n) is 4.39. The molecule has 0 unspecified atom stereocenters. The van der Waals surface area contributed by atoms with Crippen LogP contribution >= 0.6 is 0 Å². The fraction of sp³-hybridized carbons (Fsp3) is 0.727. The molecule has 148 valence electrons. The maximum atomic E-state index is 7.18. The minimum Gasteiger partial charge on any atom is -0.381 e. The predicted molar refractivity (Wildman–Crippen MR) is 109 cm³/mol. The van der Waals surface area contributed by atoms with E-state index < -0.39 is 0 Å². The fourth-order valence-corrected chi connectivity index (χ4v) is 4.39. The Morgan fingerprint density at radius 1 is 1.19 bits per heavy atom. The van der Waals surface area contributed by atoms with Gasteiger partial charge in [0, 0.05) is 51.4 Å². The Kier molecular flexibility index (Phi) is 7.23. The van der Waals surface area contributed by atoms with Crippen molar-refractivity contribution in [1.29, 1.82) is 0 Å². The number of aryl methyl sites for hydroxylation is 1. The molecule has 0 amide bonds. The van der Waals surface area contributed by atoms with Crippen molar-refractivity contribution < 1.29 is 4.74 Å². The van der Waals surface area contributed by atoms with Gasteiger partial charge in [-0.15, -0.1) is 4.98 Å². The molecule has 2 saturated heterocycles. The van der Waals surface area contributed by atoms with E-state index >= 15 is 0 Å². The Morgan fingerprint density at radius 2 is 1.93 bits per heavy atom. The highest BCUT2D eigenvalue weighted by Gasteiger charge is 2.39. The molecule has 0 aromatic carbocycles. The van der Waals surface area contributed by atoms with Crippen molar-refractivity contribution in [2.24, 2.45) is 5.92 Å². The van der Waals surface area contributed by atoms with E-state index in [1.54, 1.807) is 6.07 Å². The average Bonchev–Trinajstić information content (AvgIpc) is 2.72. The van der Waals surface area contributed by atoms with Gasteiger partial charge in [0.25, 0.3) is 5.82 Å². The van der Waals surface area contributed by atoms with E-state index in [4.69, 9.17) is 11.3 Å². The first kappa shape index (κ1) is 20.3. The van der Waals surface area contributed by atoms with Crippen LogP contribution in [0, 0.1) is 12.5 Å². The van der Waals surface area contributed by atoms with Crippen LogP contribution < -0.4 is 0 Å². The van der Waals surface area contributed by atoms with Gasteiger partial charge in [-0.2, -0.15) is 0 Å². The third kappa shape index (κ3) is 5.51. The van der Waals surface area contributed by atoms with E-state index in [1.165, 1.54) is 26.1 Å². The number of hydrogen-bond donors (Lipinski definition) is 0. The SMILES string of the molecule is [C-]#[N+]c1cccc(CCC2(N3CCN(CCC(C)C)CC3)CCOCC2)n1. The predicted octanol–water partition coefficient (Wildman–Crippen LogP) is 3.78. The number of rotatable bonds is 7. The van der Waals surface area contributed by atoms with E-state index in [2.05, 4.69) is 39.5 Å². The molecule has 27 heavy (non-hydrogen) atoms. The van der Waals surface area contributed by atoms with E-state index in [0.717, 1.165) is 63.6 Å². The molecule has 2 aliphatic heterocycles. The second-order valence-corrected chi connectivity index (χ2v) is 8.45. The third-order valence-electron chi connectivity index (χ3n) is 6.24. The highest BCUT2D eigenvalue weighted by molar-refractivity contribution is 5.36. The van der Waals surface area contributed by atoms with Crippen LogP contribution in [0.25, 0.3) is 4.85 Å². The lowest BCUT2D eigenvalue weighted by Crippen LogP contribution is -2.59. The Balaban J connectivity index is 1.60. The molecule has 0 radical (unpaired) electrons. The molecule has 5 heteroatoms. The van der Waals surface area contributed by atoms with Crippen molar-refractivity contribution in [3.63, 3.8) is 0 Å². The second kappa shape index (κ2) is 9.64. The maximum Gasteiger partial charge on any atom is 0.269 e. The molecule has 0 aliphatic carbocycles. The van der Waals surface area contributed by atoms with E-state index in [-0.39, 0.29) is 5.54 Å². The van der Waals surface area contributed by atoms with Gasteiger partial charge in [0.2, 0.25) is 0 Å². The number of piperazine rings is 1. The Hall–Kier alpha value is -1.48. The van der Waals surface area contributed by atoms with Crippen LogP contribution in [0.3, 0.4) is 0 Å². The van der Waals surface area contributed by atoms with Gasteiger partial charge in [0.15, 0.2) is 0 Å². The van der Waals surface area contributed by atoms with E-state index in [0.29, 0.717) is 5.82 Å². The molecule has 2 fully saturated rings. The Bertz CT molecular complexity index is 625. The van der Waals surface area contributed by atoms with Crippen LogP contribution in [0.2, 0.25) is 0 Å². The normalized spacial score (nSPS) is 21.3. The smallest absolute Gasteiger partial charge is 0.269 e. The molecular weight excluding hydrogens is 336 g/mol. The first-order valence-electron chi connectivity index (χ1n) is 10.5. The van der Waals surface area contributed by atoms with Crippen molar-refractivity contribution in [1.82, 2.24) is 14.8 Å². The molecule has 0 saturated carbocycles. The topological polar surface area (TPSA) is 33.0 Å². The minimum atomic E-state index is 0.234. The third-order valence-corrected chi connectivity index (χ3v) is 6.24. The number of pyridine rings is 1. The first-order chi connectivity index (χ1) is 13.1. The zero-order valence-electron chi connectivity index (χ0n) is 17.0. The van der Waals surface area contributed by atoms with Crippen molar-refractivity contribution in [2.75, 3.05) is 45.9 Å². The first-order valence-corrected chi connectivity index (χ1v) is 10.5. The number of hydrogen-bond acceptors (Lipinski definition) is 4. The molecule has 0 atom stereocenters. The monoisotopic (exact) mass is 370 g/mol. The minimum absolute atomic E-state index is 0.234. The molecule has 3 rings (SSSR count). The van der Waals surface area contributed by atoms with Crippen molar-refractivity contribution in [2.45, 2.75) is 51.5 Å². The lowest BCUT2D eigenvalue weighted by molar-refractivity contribution is -0.0516. The van der Waals surface area contributed by atoms with Crippen molar-refractivity contribution in [3.05, 3.63) is 35.3 Å². The van der Waals surface area contributed by atoms with Gasteiger partial charge in [-0.3, -0.25) is 4.90 Å². The molecule has 5 nitrogen and oxygen atoms in total. The molecule has 2 aliphatic rings. The lowest BCUT2D eigenvalue weighted by atomic mass is 9.82. The summed E-state index contributed by atoms with van der Waals surface area (Å²) >= 11 is 0. The second-order valence-electron chi connectivity index (χ2n) is 8.45. The zero-order chi connectivity index (χ0) is 19.1. The highest BCUT2D eigenvalue weighted by Crippen LogP contribution is 2.33. The largest absolute Gasteiger partial charge is 0.381 e. The summed E-state index contributed by atoms with van der Waals surface area (Å²) < 4.78 is 5.70.